The molecule has 2 heteroatoms. The Labute approximate surface area is 73.0 Å². The molecule has 0 saturated heterocycles. The third kappa shape index (κ3) is 1.52. The van der Waals surface area contributed by atoms with Crippen molar-refractivity contribution in [3.05, 3.63) is 23.3 Å². The predicted molar refractivity (Wildman–Crippen MR) is 51.3 cm³/mol. The molecule has 1 aromatic carbocycles. The molecule has 0 aliphatic heterocycles. The fraction of sp³-hybridized carbons (Fsp3) is 0.400. The second-order valence-electron chi connectivity index (χ2n) is 2.88. The third-order valence-electron chi connectivity index (χ3n) is 2.10. The molecule has 0 bridgehead atoms. The van der Waals surface area contributed by atoms with Crippen molar-refractivity contribution < 1.29 is 5.11 Å². The third-order valence-corrected chi connectivity index (χ3v) is 2.10. The standard InChI is InChI=1S/C10H15NO/c1-3-7-5-9(12)6-8(4-2)10(7)11/h5-6,12H,3-4,11H2,1-2H3. The van der Waals surface area contributed by atoms with Gasteiger partial charge in [0.15, 0.2) is 0 Å². The summed E-state index contributed by atoms with van der Waals surface area (Å²) in [5, 5.41) is 9.32. The minimum atomic E-state index is 0.318. The Morgan fingerprint density at radius 3 is 1.92 bits per heavy atom. The molecule has 12 heavy (non-hydrogen) atoms. The zero-order valence-corrected chi connectivity index (χ0v) is 7.59. The summed E-state index contributed by atoms with van der Waals surface area (Å²) in [6.07, 6.45) is 1.74. The average Bonchev–Trinajstić information content (AvgIpc) is 2.08. The first-order valence-corrected chi connectivity index (χ1v) is 4.29. The molecule has 0 amide bonds. The number of aryl methyl sites for hydroxylation is 2. The van der Waals surface area contributed by atoms with Crippen LogP contribution in [0.5, 0.6) is 5.75 Å². The number of hydrogen-bond acceptors (Lipinski definition) is 2. The van der Waals surface area contributed by atoms with E-state index in [1.54, 1.807) is 12.1 Å². The molecule has 0 aromatic heterocycles. The van der Waals surface area contributed by atoms with Gasteiger partial charge in [-0.05, 0) is 36.1 Å². The van der Waals surface area contributed by atoms with Crippen LogP contribution >= 0.6 is 0 Å². The van der Waals surface area contributed by atoms with Gasteiger partial charge in [-0.1, -0.05) is 13.8 Å². The Bertz CT molecular complexity index is 256. The van der Waals surface area contributed by atoms with E-state index < -0.39 is 0 Å². The topological polar surface area (TPSA) is 46.2 Å². The van der Waals surface area contributed by atoms with Crippen LogP contribution < -0.4 is 5.73 Å². The van der Waals surface area contributed by atoms with E-state index in [4.69, 9.17) is 5.73 Å². The first-order valence-electron chi connectivity index (χ1n) is 4.29. The highest BCUT2D eigenvalue weighted by Crippen LogP contribution is 2.24. The van der Waals surface area contributed by atoms with E-state index in [2.05, 4.69) is 0 Å². The molecular formula is C10H15NO. The van der Waals surface area contributed by atoms with Crippen molar-refractivity contribution in [1.29, 1.82) is 0 Å². The molecule has 0 spiro atoms. The first-order chi connectivity index (χ1) is 5.69. The van der Waals surface area contributed by atoms with Gasteiger partial charge in [-0.25, -0.2) is 0 Å². The number of anilines is 1. The number of aromatic hydroxyl groups is 1. The number of benzene rings is 1. The summed E-state index contributed by atoms with van der Waals surface area (Å²) in [5.74, 6) is 0.318. The summed E-state index contributed by atoms with van der Waals surface area (Å²) in [4.78, 5) is 0. The lowest BCUT2D eigenvalue weighted by molar-refractivity contribution is 0.474. The largest absolute Gasteiger partial charge is 0.508 e. The van der Waals surface area contributed by atoms with E-state index in [1.165, 1.54) is 0 Å². The zero-order valence-electron chi connectivity index (χ0n) is 7.59. The molecule has 1 rings (SSSR count). The maximum Gasteiger partial charge on any atom is 0.116 e. The maximum atomic E-state index is 9.32. The summed E-state index contributed by atoms with van der Waals surface area (Å²) in [6.45, 7) is 4.06. The lowest BCUT2D eigenvalue weighted by Gasteiger charge is -2.08. The van der Waals surface area contributed by atoms with Crippen LogP contribution in [0.3, 0.4) is 0 Å². The van der Waals surface area contributed by atoms with E-state index in [1.807, 2.05) is 13.8 Å². The van der Waals surface area contributed by atoms with Crippen molar-refractivity contribution in [2.45, 2.75) is 26.7 Å². The Kier molecular flexibility index (Phi) is 2.58. The minimum Gasteiger partial charge on any atom is -0.508 e. The first kappa shape index (κ1) is 8.91. The molecule has 0 radical (unpaired) electrons. The Morgan fingerprint density at radius 2 is 1.58 bits per heavy atom. The van der Waals surface area contributed by atoms with Crippen molar-refractivity contribution in [2.75, 3.05) is 5.73 Å². The number of nitrogen functional groups attached to an aromatic ring is 1. The molecule has 1 aromatic rings. The number of nitrogens with two attached hydrogens (primary N) is 1. The monoisotopic (exact) mass is 165 g/mol. The van der Waals surface area contributed by atoms with Gasteiger partial charge in [0.1, 0.15) is 5.75 Å². The summed E-state index contributed by atoms with van der Waals surface area (Å²) >= 11 is 0. The lowest BCUT2D eigenvalue weighted by Crippen LogP contribution is -1.98. The molecular weight excluding hydrogens is 150 g/mol. The Balaban J connectivity index is 3.22. The van der Waals surface area contributed by atoms with Crippen LogP contribution in [0.2, 0.25) is 0 Å². The van der Waals surface area contributed by atoms with Gasteiger partial charge in [-0.15, -0.1) is 0 Å². The van der Waals surface area contributed by atoms with Crippen LogP contribution in [0.15, 0.2) is 12.1 Å². The smallest absolute Gasteiger partial charge is 0.116 e. The van der Waals surface area contributed by atoms with Gasteiger partial charge >= 0.3 is 0 Å². The van der Waals surface area contributed by atoms with Crippen LogP contribution in [0.1, 0.15) is 25.0 Å². The Morgan fingerprint density at radius 1 is 1.17 bits per heavy atom. The molecule has 0 unspecified atom stereocenters. The average molecular weight is 165 g/mol. The van der Waals surface area contributed by atoms with E-state index in [9.17, 15) is 5.11 Å². The molecule has 0 heterocycles. The van der Waals surface area contributed by atoms with Gasteiger partial charge in [-0.3, -0.25) is 0 Å². The second-order valence-corrected chi connectivity index (χ2v) is 2.88. The molecule has 66 valence electrons. The second kappa shape index (κ2) is 3.48. The quantitative estimate of drug-likeness (QED) is 0.520. The van der Waals surface area contributed by atoms with Gasteiger partial charge in [0.2, 0.25) is 0 Å². The Hall–Kier alpha value is -1.18. The van der Waals surface area contributed by atoms with Gasteiger partial charge in [-0.2, -0.15) is 0 Å². The van der Waals surface area contributed by atoms with Crippen LogP contribution in [-0.4, -0.2) is 5.11 Å². The highest BCUT2D eigenvalue weighted by atomic mass is 16.3. The maximum absolute atomic E-state index is 9.32. The van der Waals surface area contributed by atoms with Crippen LogP contribution in [-0.2, 0) is 12.8 Å². The van der Waals surface area contributed by atoms with Crippen molar-refractivity contribution in [2.24, 2.45) is 0 Å². The van der Waals surface area contributed by atoms with Gasteiger partial charge in [0.25, 0.3) is 0 Å². The number of rotatable bonds is 2. The molecule has 3 N–H and O–H groups in total. The van der Waals surface area contributed by atoms with Crippen molar-refractivity contribution >= 4 is 5.69 Å². The normalized spacial score (nSPS) is 10.2. The number of phenols is 1. The fourth-order valence-electron chi connectivity index (χ4n) is 1.35. The number of hydrogen-bond donors (Lipinski definition) is 2. The summed E-state index contributed by atoms with van der Waals surface area (Å²) in [5.41, 5.74) is 8.76. The molecule has 0 saturated carbocycles. The summed E-state index contributed by atoms with van der Waals surface area (Å²) < 4.78 is 0. The van der Waals surface area contributed by atoms with E-state index >= 15 is 0 Å². The highest BCUT2D eigenvalue weighted by molar-refractivity contribution is 5.57. The molecule has 0 aliphatic rings. The van der Waals surface area contributed by atoms with E-state index in [-0.39, 0.29) is 0 Å². The lowest BCUT2D eigenvalue weighted by atomic mass is 10.0. The van der Waals surface area contributed by atoms with Crippen LogP contribution in [0, 0.1) is 0 Å². The van der Waals surface area contributed by atoms with Crippen molar-refractivity contribution in [1.82, 2.24) is 0 Å². The van der Waals surface area contributed by atoms with Crippen molar-refractivity contribution in [3.8, 4) is 5.75 Å². The van der Waals surface area contributed by atoms with E-state index in [0.717, 1.165) is 29.7 Å². The van der Waals surface area contributed by atoms with Gasteiger partial charge < -0.3 is 10.8 Å². The summed E-state index contributed by atoms with van der Waals surface area (Å²) in [7, 11) is 0. The number of phenolic OH excluding ortho intramolecular Hbond substituents is 1. The minimum absolute atomic E-state index is 0.318. The molecule has 2 nitrogen and oxygen atoms in total. The highest BCUT2D eigenvalue weighted by Gasteiger charge is 2.04. The molecule has 0 fully saturated rings. The zero-order chi connectivity index (χ0) is 9.14. The molecule has 0 aliphatic carbocycles. The summed E-state index contributed by atoms with van der Waals surface area (Å²) in [6, 6.07) is 3.46. The van der Waals surface area contributed by atoms with Crippen LogP contribution in [0.4, 0.5) is 5.69 Å². The predicted octanol–water partition coefficient (Wildman–Crippen LogP) is 2.10. The van der Waals surface area contributed by atoms with Crippen LogP contribution in [0.25, 0.3) is 0 Å². The van der Waals surface area contributed by atoms with E-state index in [0.29, 0.717) is 5.75 Å². The fourth-order valence-corrected chi connectivity index (χ4v) is 1.35. The SMILES string of the molecule is CCc1cc(O)cc(CC)c1N. The van der Waals surface area contributed by atoms with Crippen molar-refractivity contribution in [3.63, 3.8) is 0 Å². The van der Waals surface area contributed by atoms with Gasteiger partial charge in [0.05, 0.1) is 0 Å². The van der Waals surface area contributed by atoms with Gasteiger partial charge in [0, 0.05) is 5.69 Å². The molecule has 0 atom stereocenters.